The van der Waals surface area contributed by atoms with Crippen molar-refractivity contribution < 1.29 is 14.4 Å². The van der Waals surface area contributed by atoms with Crippen molar-refractivity contribution in [3.8, 4) is 0 Å². The molecule has 0 spiro atoms. The van der Waals surface area contributed by atoms with Crippen LogP contribution in [0.15, 0.2) is 30.3 Å². The third-order valence-electron chi connectivity index (χ3n) is 6.86. The van der Waals surface area contributed by atoms with Gasteiger partial charge in [0.05, 0.1) is 5.88 Å². The summed E-state index contributed by atoms with van der Waals surface area (Å²) in [5.74, 6) is 3.26. The number of hydrogen-bond acceptors (Lipinski definition) is 6. The highest BCUT2D eigenvalue weighted by molar-refractivity contribution is 7.99. The number of carbonyl (C=O) groups is 3. The Morgan fingerprint density at radius 1 is 1.08 bits per heavy atom. The topological polar surface area (TPSA) is 90.5 Å². The van der Waals surface area contributed by atoms with Crippen LogP contribution in [0, 0.1) is 11.8 Å². The average molecular weight is 549 g/mol. The second kappa shape index (κ2) is 16.3. The third-order valence-corrected chi connectivity index (χ3v) is 9.15. The van der Waals surface area contributed by atoms with Crippen LogP contribution in [0.4, 0.5) is 0 Å². The number of rotatable bonds is 14. The van der Waals surface area contributed by atoms with Crippen molar-refractivity contribution in [2.24, 2.45) is 11.8 Å². The molecule has 2 aliphatic rings. The minimum absolute atomic E-state index is 0.0114. The summed E-state index contributed by atoms with van der Waals surface area (Å²) < 4.78 is 0. The van der Waals surface area contributed by atoms with Gasteiger partial charge in [0.15, 0.2) is 0 Å². The lowest BCUT2D eigenvalue weighted by Gasteiger charge is -2.27. The fraction of sp³-hybridized carbons (Fsp3) is 0.679. The third kappa shape index (κ3) is 10.5. The molecule has 2 fully saturated rings. The zero-order valence-corrected chi connectivity index (χ0v) is 24.0. The van der Waals surface area contributed by atoms with E-state index in [1.54, 1.807) is 28.4 Å². The minimum Gasteiger partial charge on any atom is -0.353 e. The highest BCUT2D eigenvalue weighted by Crippen LogP contribution is 2.27. The zero-order valence-electron chi connectivity index (χ0n) is 22.4. The standard InChI is InChI=1S/C28H44N4O3S2/c1-21(2)15-26(33)32-20-37-19-25(32)28(35)31-24(18-36-17-23-11-7-4-8-12-23)27(34)30-14-13-29-16-22-9-5-3-6-10-22/h3,5-6,9-10,21,23-25,29H,4,7-8,11-20H2,1-2H3,(H,30,34)(H,31,35)/t24-,25-/m0/s1. The van der Waals surface area contributed by atoms with E-state index in [-0.39, 0.29) is 23.6 Å². The van der Waals surface area contributed by atoms with Crippen LogP contribution in [-0.4, -0.2) is 70.9 Å². The number of hydrogen-bond donors (Lipinski definition) is 3. The predicted octanol–water partition coefficient (Wildman–Crippen LogP) is 3.64. The molecule has 0 radical (unpaired) electrons. The molecule has 1 aliphatic carbocycles. The summed E-state index contributed by atoms with van der Waals surface area (Å²) >= 11 is 3.35. The average Bonchev–Trinajstić information content (AvgIpc) is 3.39. The summed E-state index contributed by atoms with van der Waals surface area (Å²) in [4.78, 5) is 40.7. The maximum Gasteiger partial charge on any atom is 0.244 e. The summed E-state index contributed by atoms with van der Waals surface area (Å²) in [6.07, 6.45) is 6.86. The van der Waals surface area contributed by atoms with E-state index in [1.807, 2.05) is 32.0 Å². The molecule has 37 heavy (non-hydrogen) atoms. The van der Waals surface area contributed by atoms with Gasteiger partial charge in [-0.25, -0.2) is 0 Å². The van der Waals surface area contributed by atoms with Gasteiger partial charge in [0, 0.05) is 37.6 Å². The van der Waals surface area contributed by atoms with Crippen LogP contribution in [0.1, 0.15) is 57.9 Å². The molecule has 2 atom stereocenters. The quantitative estimate of drug-likeness (QED) is 0.308. The van der Waals surface area contributed by atoms with Crippen molar-refractivity contribution in [3.63, 3.8) is 0 Å². The lowest BCUT2D eigenvalue weighted by Crippen LogP contribution is -2.55. The first-order valence-electron chi connectivity index (χ1n) is 13.7. The van der Waals surface area contributed by atoms with Crippen LogP contribution < -0.4 is 16.0 Å². The smallest absolute Gasteiger partial charge is 0.244 e. The van der Waals surface area contributed by atoms with Gasteiger partial charge in [0.1, 0.15) is 12.1 Å². The molecule has 7 nitrogen and oxygen atoms in total. The number of nitrogens with zero attached hydrogens (tertiary/aromatic N) is 1. The summed E-state index contributed by atoms with van der Waals surface area (Å²) in [6, 6.07) is 9.03. The molecular weight excluding hydrogens is 504 g/mol. The van der Waals surface area contributed by atoms with Crippen molar-refractivity contribution in [2.75, 3.05) is 36.2 Å². The monoisotopic (exact) mass is 548 g/mol. The van der Waals surface area contributed by atoms with Gasteiger partial charge in [-0.05, 0) is 36.0 Å². The van der Waals surface area contributed by atoms with Gasteiger partial charge in [-0.1, -0.05) is 63.4 Å². The first kappa shape index (κ1) is 29.8. The van der Waals surface area contributed by atoms with Crippen molar-refractivity contribution in [3.05, 3.63) is 35.9 Å². The largest absolute Gasteiger partial charge is 0.353 e. The number of amides is 3. The molecular formula is C28H44N4O3S2. The fourth-order valence-corrected chi connectivity index (χ4v) is 7.21. The number of benzene rings is 1. The maximum atomic E-state index is 13.2. The molecule has 1 aromatic carbocycles. The maximum absolute atomic E-state index is 13.2. The van der Waals surface area contributed by atoms with E-state index >= 15 is 0 Å². The van der Waals surface area contributed by atoms with Gasteiger partial charge < -0.3 is 20.9 Å². The Hall–Kier alpha value is -1.71. The molecule has 1 saturated carbocycles. The summed E-state index contributed by atoms with van der Waals surface area (Å²) in [5, 5.41) is 9.35. The zero-order chi connectivity index (χ0) is 26.5. The first-order valence-corrected chi connectivity index (χ1v) is 16.0. The van der Waals surface area contributed by atoms with Crippen molar-refractivity contribution >= 4 is 41.2 Å². The highest BCUT2D eigenvalue weighted by atomic mass is 32.2. The molecule has 0 unspecified atom stereocenters. The van der Waals surface area contributed by atoms with Gasteiger partial charge in [0.25, 0.3) is 0 Å². The van der Waals surface area contributed by atoms with Crippen molar-refractivity contribution in [1.29, 1.82) is 0 Å². The molecule has 3 amide bonds. The summed E-state index contributed by atoms with van der Waals surface area (Å²) in [5.41, 5.74) is 1.20. The lowest BCUT2D eigenvalue weighted by molar-refractivity contribution is -0.139. The molecule has 1 aliphatic heterocycles. The van der Waals surface area contributed by atoms with Crippen molar-refractivity contribution in [1.82, 2.24) is 20.9 Å². The van der Waals surface area contributed by atoms with Crippen LogP contribution in [0.25, 0.3) is 0 Å². The highest BCUT2D eigenvalue weighted by Gasteiger charge is 2.36. The molecule has 0 aromatic heterocycles. The van der Waals surface area contributed by atoms with Crippen LogP contribution >= 0.6 is 23.5 Å². The van der Waals surface area contributed by atoms with Crippen LogP contribution in [0.5, 0.6) is 0 Å². The van der Waals surface area contributed by atoms with Crippen LogP contribution in [-0.2, 0) is 20.9 Å². The van der Waals surface area contributed by atoms with E-state index in [1.165, 1.54) is 37.7 Å². The molecule has 206 valence electrons. The molecule has 1 saturated heterocycles. The molecule has 9 heteroatoms. The minimum atomic E-state index is -0.608. The SMILES string of the molecule is CC(C)CC(=O)N1CSC[C@H]1C(=O)N[C@@H](CSCC1CCCCC1)C(=O)NCCNCc1ccccc1. The second-order valence-electron chi connectivity index (χ2n) is 10.5. The number of thioether (sulfide) groups is 2. The first-order chi connectivity index (χ1) is 17.9. The van der Waals surface area contributed by atoms with Gasteiger partial charge in [-0.15, -0.1) is 11.8 Å². The van der Waals surface area contributed by atoms with E-state index in [9.17, 15) is 14.4 Å². The van der Waals surface area contributed by atoms with Gasteiger partial charge in [-0.2, -0.15) is 11.8 Å². The van der Waals surface area contributed by atoms with E-state index in [0.717, 1.165) is 12.3 Å². The predicted molar refractivity (Wildman–Crippen MR) is 154 cm³/mol. The Kier molecular flexibility index (Phi) is 13.1. The Morgan fingerprint density at radius 3 is 2.57 bits per heavy atom. The van der Waals surface area contributed by atoms with Gasteiger partial charge in [-0.3, -0.25) is 14.4 Å². The summed E-state index contributed by atoms with van der Waals surface area (Å²) in [6.45, 7) is 5.90. The Bertz CT molecular complexity index is 849. The van der Waals surface area contributed by atoms with E-state index < -0.39 is 12.1 Å². The lowest BCUT2D eigenvalue weighted by atomic mass is 9.91. The number of nitrogens with one attached hydrogen (secondary N) is 3. The normalized spacial score (nSPS) is 19.1. The molecule has 1 aromatic rings. The molecule has 1 heterocycles. The summed E-state index contributed by atoms with van der Waals surface area (Å²) in [7, 11) is 0. The Morgan fingerprint density at radius 2 is 1.84 bits per heavy atom. The Labute approximate surface area is 231 Å². The fourth-order valence-electron chi connectivity index (χ4n) is 4.76. The van der Waals surface area contributed by atoms with Gasteiger partial charge in [0.2, 0.25) is 17.7 Å². The van der Waals surface area contributed by atoms with Crippen molar-refractivity contribution in [2.45, 2.75) is 71.0 Å². The van der Waals surface area contributed by atoms with Gasteiger partial charge >= 0.3 is 0 Å². The van der Waals surface area contributed by atoms with E-state index in [2.05, 4.69) is 28.1 Å². The van der Waals surface area contributed by atoms with Crippen LogP contribution in [0.2, 0.25) is 0 Å². The second-order valence-corrected chi connectivity index (χ2v) is 12.6. The van der Waals surface area contributed by atoms with E-state index in [4.69, 9.17) is 0 Å². The molecule has 3 N–H and O–H groups in total. The molecule has 3 rings (SSSR count). The number of carbonyl (C=O) groups excluding carboxylic acids is 3. The van der Waals surface area contributed by atoms with E-state index in [0.29, 0.717) is 42.8 Å². The van der Waals surface area contributed by atoms with Crippen LogP contribution in [0.3, 0.4) is 0 Å². The molecule has 0 bridgehead atoms. The Balaban J connectivity index is 1.51.